The number of rotatable bonds is 7. The third-order valence-electron chi connectivity index (χ3n) is 2.87. The van der Waals surface area contributed by atoms with Crippen LogP contribution in [0.15, 0.2) is 30.3 Å². The van der Waals surface area contributed by atoms with Crippen molar-refractivity contribution >= 4 is 17.3 Å². The second-order valence-corrected chi connectivity index (χ2v) is 5.63. The van der Waals surface area contributed by atoms with Crippen molar-refractivity contribution in [3.05, 3.63) is 51.5 Å². The molecule has 4 nitrogen and oxygen atoms in total. The number of thiazole rings is 1. The molecule has 1 aromatic carbocycles. The molecule has 1 N–H and O–H groups in total. The number of aryl methyl sites for hydroxylation is 1. The van der Waals surface area contributed by atoms with E-state index in [1.165, 1.54) is 5.56 Å². The quantitative estimate of drug-likeness (QED) is 0.852. The number of hydrogen-bond donors (Lipinski definition) is 1. The zero-order valence-electron chi connectivity index (χ0n) is 11.3. The zero-order valence-corrected chi connectivity index (χ0v) is 12.2. The van der Waals surface area contributed by atoms with Gasteiger partial charge >= 0.3 is 5.97 Å². The van der Waals surface area contributed by atoms with Gasteiger partial charge < -0.3 is 9.84 Å². The molecule has 2 aromatic rings. The normalized spacial score (nSPS) is 10.7. The predicted molar refractivity (Wildman–Crippen MR) is 78.0 cm³/mol. The van der Waals surface area contributed by atoms with E-state index >= 15 is 0 Å². The van der Waals surface area contributed by atoms with Crippen LogP contribution in [0, 0.1) is 0 Å². The monoisotopic (exact) mass is 291 g/mol. The Kier molecular flexibility index (Phi) is 5.26. The Balaban J connectivity index is 2.13. The van der Waals surface area contributed by atoms with Crippen LogP contribution in [-0.4, -0.2) is 23.2 Å². The maximum absolute atomic E-state index is 10.7. The predicted octanol–water partition coefficient (Wildman–Crippen LogP) is 2.90. The molecule has 0 radical (unpaired) electrons. The molecule has 0 unspecified atom stereocenters. The van der Waals surface area contributed by atoms with Gasteiger partial charge in [0.05, 0.1) is 23.7 Å². The Bertz CT molecular complexity index is 566. The van der Waals surface area contributed by atoms with E-state index in [2.05, 4.69) is 17.1 Å². The van der Waals surface area contributed by atoms with Crippen LogP contribution in [0.1, 0.15) is 27.6 Å². The lowest BCUT2D eigenvalue weighted by Crippen LogP contribution is -1.99. The van der Waals surface area contributed by atoms with Gasteiger partial charge in [0.15, 0.2) is 0 Å². The Labute approximate surface area is 122 Å². The molecule has 0 aliphatic heterocycles. The number of carboxylic acid groups (broad SMARTS) is 1. The second kappa shape index (κ2) is 7.17. The second-order valence-electron chi connectivity index (χ2n) is 4.47. The average Bonchev–Trinajstić information content (AvgIpc) is 2.80. The summed E-state index contributed by atoms with van der Waals surface area (Å²) in [7, 11) is 1.62. The van der Waals surface area contributed by atoms with E-state index in [0.29, 0.717) is 13.0 Å². The molecule has 0 aliphatic rings. The van der Waals surface area contributed by atoms with E-state index in [-0.39, 0.29) is 6.42 Å². The van der Waals surface area contributed by atoms with E-state index in [4.69, 9.17) is 9.84 Å². The highest BCUT2D eigenvalue weighted by Crippen LogP contribution is 2.23. The molecule has 2 rings (SSSR count). The van der Waals surface area contributed by atoms with Crippen molar-refractivity contribution in [3.8, 4) is 0 Å². The van der Waals surface area contributed by atoms with Crippen molar-refractivity contribution in [1.29, 1.82) is 0 Å². The first-order valence-electron chi connectivity index (χ1n) is 6.41. The highest BCUT2D eigenvalue weighted by atomic mass is 32.1. The molecule has 0 fully saturated rings. The van der Waals surface area contributed by atoms with Gasteiger partial charge in [-0.25, -0.2) is 4.98 Å². The van der Waals surface area contributed by atoms with Crippen LogP contribution < -0.4 is 0 Å². The Morgan fingerprint density at radius 1 is 1.35 bits per heavy atom. The summed E-state index contributed by atoms with van der Waals surface area (Å²) in [5.41, 5.74) is 2.07. The molecule has 106 valence electrons. The number of carboxylic acids is 1. The lowest BCUT2D eigenvalue weighted by molar-refractivity contribution is -0.136. The van der Waals surface area contributed by atoms with E-state index < -0.39 is 5.97 Å². The number of ether oxygens (including phenoxy) is 1. The molecular weight excluding hydrogens is 274 g/mol. The fourth-order valence-corrected chi connectivity index (χ4v) is 3.05. The smallest absolute Gasteiger partial charge is 0.303 e. The Hall–Kier alpha value is -1.72. The summed E-state index contributed by atoms with van der Waals surface area (Å²) in [5.74, 6) is -0.786. The van der Waals surface area contributed by atoms with Gasteiger partial charge in [-0.05, 0) is 12.0 Å². The maximum atomic E-state index is 10.7. The molecule has 0 saturated carbocycles. The number of benzene rings is 1. The number of aliphatic carboxylic acids is 1. The van der Waals surface area contributed by atoms with Crippen LogP contribution in [0.2, 0.25) is 0 Å². The molecule has 1 aromatic heterocycles. The van der Waals surface area contributed by atoms with Crippen molar-refractivity contribution in [2.24, 2.45) is 0 Å². The van der Waals surface area contributed by atoms with Crippen LogP contribution in [0.25, 0.3) is 0 Å². The summed E-state index contributed by atoms with van der Waals surface area (Å²) in [4.78, 5) is 16.3. The van der Waals surface area contributed by atoms with Crippen LogP contribution in [0.5, 0.6) is 0 Å². The number of aromatic nitrogens is 1. The van der Waals surface area contributed by atoms with Crippen molar-refractivity contribution in [3.63, 3.8) is 0 Å². The van der Waals surface area contributed by atoms with Crippen molar-refractivity contribution < 1.29 is 14.6 Å². The van der Waals surface area contributed by atoms with Gasteiger partial charge in [0.2, 0.25) is 0 Å². The number of hydrogen-bond acceptors (Lipinski definition) is 4. The molecule has 0 atom stereocenters. The van der Waals surface area contributed by atoms with Gasteiger partial charge in [0.25, 0.3) is 0 Å². The SMILES string of the molecule is COCc1nc(Cc2ccccc2)sc1CCC(=O)O. The van der Waals surface area contributed by atoms with Crippen LogP contribution in [-0.2, 0) is 29.0 Å². The van der Waals surface area contributed by atoms with Gasteiger partial charge in [-0.3, -0.25) is 4.79 Å². The van der Waals surface area contributed by atoms with Gasteiger partial charge in [-0.15, -0.1) is 11.3 Å². The first kappa shape index (κ1) is 14.7. The van der Waals surface area contributed by atoms with Crippen LogP contribution in [0.3, 0.4) is 0 Å². The topological polar surface area (TPSA) is 59.4 Å². The molecule has 0 bridgehead atoms. The van der Waals surface area contributed by atoms with E-state index in [1.807, 2.05) is 18.2 Å². The minimum Gasteiger partial charge on any atom is -0.481 e. The molecular formula is C15H17NO3S. The number of carbonyl (C=O) groups is 1. The molecule has 0 aliphatic carbocycles. The highest BCUT2D eigenvalue weighted by Gasteiger charge is 2.12. The van der Waals surface area contributed by atoms with Crippen molar-refractivity contribution in [1.82, 2.24) is 4.98 Å². The van der Waals surface area contributed by atoms with Gasteiger partial charge in [-0.1, -0.05) is 30.3 Å². The van der Waals surface area contributed by atoms with Gasteiger partial charge in [-0.2, -0.15) is 0 Å². The van der Waals surface area contributed by atoms with Crippen LogP contribution in [0.4, 0.5) is 0 Å². The third kappa shape index (κ3) is 4.15. The Morgan fingerprint density at radius 3 is 2.75 bits per heavy atom. The first-order chi connectivity index (χ1) is 9.69. The summed E-state index contributed by atoms with van der Waals surface area (Å²) in [6.07, 6.45) is 1.42. The minimum absolute atomic E-state index is 0.129. The van der Waals surface area contributed by atoms with Gasteiger partial charge in [0.1, 0.15) is 0 Å². The van der Waals surface area contributed by atoms with E-state index in [1.54, 1.807) is 18.4 Å². The molecule has 0 spiro atoms. The van der Waals surface area contributed by atoms with E-state index in [0.717, 1.165) is 22.0 Å². The Morgan fingerprint density at radius 2 is 2.10 bits per heavy atom. The number of methoxy groups -OCH3 is 1. The largest absolute Gasteiger partial charge is 0.481 e. The minimum atomic E-state index is -0.786. The average molecular weight is 291 g/mol. The third-order valence-corrected chi connectivity index (χ3v) is 4.03. The maximum Gasteiger partial charge on any atom is 0.303 e. The first-order valence-corrected chi connectivity index (χ1v) is 7.23. The van der Waals surface area contributed by atoms with Crippen molar-refractivity contribution in [2.45, 2.75) is 25.9 Å². The fraction of sp³-hybridized carbons (Fsp3) is 0.333. The summed E-state index contributed by atoms with van der Waals surface area (Å²) in [6.45, 7) is 0.431. The highest BCUT2D eigenvalue weighted by molar-refractivity contribution is 7.11. The van der Waals surface area contributed by atoms with Crippen molar-refractivity contribution in [2.75, 3.05) is 7.11 Å². The standard InChI is InChI=1S/C15H17NO3S/c1-19-10-12-13(7-8-15(17)18)20-14(16-12)9-11-5-3-2-4-6-11/h2-6H,7-10H2,1H3,(H,17,18). The fourth-order valence-electron chi connectivity index (χ4n) is 1.95. The summed E-state index contributed by atoms with van der Waals surface area (Å²) in [6, 6.07) is 10.1. The zero-order chi connectivity index (χ0) is 14.4. The molecule has 1 heterocycles. The summed E-state index contributed by atoms with van der Waals surface area (Å²) >= 11 is 1.58. The van der Waals surface area contributed by atoms with Gasteiger partial charge in [0, 0.05) is 18.4 Å². The molecule has 5 heteroatoms. The molecule has 0 amide bonds. The van der Waals surface area contributed by atoms with Crippen LogP contribution >= 0.6 is 11.3 Å². The molecule has 0 saturated heterocycles. The lowest BCUT2D eigenvalue weighted by atomic mass is 10.2. The number of nitrogens with zero attached hydrogens (tertiary/aromatic N) is 1. The van der Waals surface area contributed by atoms with E-state index in [9.17, 15) is 4.79 Å². The lowest BCUT2D eigenvalue weighted by Gasteiger charge is -1.98. The summed E-state index contributed by atoms with van der Waals surface area (Å²) < 4.78 is 5.14. The molecule has 20 heavy (non-hydrogen) atoms. The summed E-state index contributed by atoms with van der Waals surface area (Å²) in [5, 5.41) is 9.79.